The van der Waals surface area contributed by atoms with Crippen LogP contribution < -0.4 is 9.80 Å². The van der Waals surface area contributed by atoms with Crippen molar-refractivity contribution in [2.75, 3.05) is 16.3 Å². The smallest absolute Gasteiger partial charge is 0.274 e. The number of amides is 1. The number of amidine groups is 1. The molecule has 0 aromatic heterocycles. The number of nitrogens with zero attached hydrogens (tertiary/aromatic N) is 3. The maximum Gasteiger partial charge on any atom is 0.274 e. The van der Waals surface area contributed by atoms with Gasteiger partial charge in [-0.3, -0.25) is 9.69 Å². The van der Waals surface area contributed by atoms with E-state index in [9.17, 15) is 9.18 Å². The van der Waals surface area contributed by atoms with E-state index in [1.54, 1.807) is 28.8 Å². The Balaban J connectivity index is 1.63. The third kappa shape index (κ3) is 4.16. The minimum absolute atomic E-state index is 0.183. The molecule has 3 aromatic carbocycles. The first-order valence-corrected chi connectivity index (χ1v) is 12.4. The van der Waals surface area contributed by atoms with Gasteiger partial charge in [0.15, 0.2) is 5.17 Å². The van der Waals surface area contributed by atoms with Gasteiger partial charge in [0.05, 0.1) is 17.1 Å². The Morgan fingerprint density at radius 3 is 2.55 bits per heavy atom. The van der Waals surface area contributed by atoms with Crippen molar-refractivity contribution in [2.45, 2.75) is 18.7 Å². The Hall–Kier alpha value is -2.74. The van der Waals surface area contributed by atoms with Crippen LogP contribution in [0.25, 0.3) is 0 Å². The molecule has 1 saturated heterocycles. The summed E-state index contributed by atoms with van der Waals surface area (Å²) in [5.74, 6) is -0.539. The highest BCUT2D eigenvalue weighted by molar-refractivity contribution is 8.20. The van der Waals surface area contributed by atoms with E-state index < -0.39 is 0 Å². The van der Waals surface area contributed by atoms with Crippen LogP contribution in [0.1, 0.15) is 12.5 Å². The number of carbonyl (C=O) groups is 1. The predicted octanol–water partition coefficient (Wildman–Crippen LogP) is 7.36. The largest absolute Gasteiger partial charge is 0.334 e. The van der Waals surface area contributed by atoms with E-state index in [4.69, 9.17) is 16.6 Å². The Morgan fingerprint density at radius 1 is 1.03 bits per heavy atom. The van der Waals surface area contributed by atoms with Crippen LogP contribution in [-0.4, -0.2) is 17.6 Å². The zero-order valence-electron chi connectivity index (χ0n) is 17.9. The highest BCUT2D eigenvalue weighted by Gasteiger charge is 2.40. The molecule has 3 aromatic rings. The lowest BCUT2D eigenvalue weighted by atomic mass is 10.2. The molecular weight excluding hydrogens is 477 g/mol. The fourth-order valence-electron chi connectivity index (χ4n) is 3.74. The number of hydrogen-bond acceptors (Lipinski definition) is 5. The number of anilines is 2. The Bertz CT molecular complexity index is 1320. The van der Waals surface area contributed by atoms with Gasteiger partial charge in [-0.2, -0.15) is 0 Å². The molecule has 0 saturated carbocycles. The van der Waals surface area contributed by atoms with Crippen molar-refractivity contribution in [1.82, 2.24) is 0 Å². The molecule has 2 aliphatic heterocycles. The summed E-state index contributed by atoms with van der Waals surface area (Å²) < 4.78 is 13.6. The van der Waals surface area contributed by atoms with Gasteiger partial charge in [-0.15, -0.1) is 0 Å². The molecule has 0 aliphatic carbocycles. The normalized spacial score (nSPS) is 19.0. The van der Waals surface area contributed by atoms with Gasteiger partial charge in [-0.05, 0) is 85.8 Å². The number of benzene rings is 3. The van der Waals surface area contributed by atoms with E-state index in [2.05, 4.69) is 4.90 Å². The SMILES string of the molecule is CCN1/C(=C2/SC(=Nc3cccc(C)c3)N(c3ccc(F)cc3)C2=O)Sc2ccc(Cl)cc21. The second-order valence-corrected chi connectivity index (χ2v) is 9.99. The standard InChI is InChI=1S/C25H19ClFN3OS2/c1-3-29-20-14-16(26)7-12-21(20)32-24(29)22-23(31)30(19-10-8-17(27)9-11-19)25(33-22)28-18-6-4-5-15(2)13-18/h4-14H,3H2,1-2H3/b24-22-,28-25?. The van der Waals surface area contributed by atoms with Crippen LogP contribution in [0.4, 0.5) is 21.5 Å². The van der Waals surface area contributed by atoms with Gasteiger partial charge in [-0.1, -0.05) is 35.5 Å². The summed E-state index contributed by atoms with van der Waals surface area (Å²) in [6.45, 7) is 4.73. The van der Waals surface area contributed by atoms with Gasteiger partial charge >= 0.3 is 0 Å². The molecule has 0 bridgehead atoms. The lowest BCUT2D eigenvalue weighted by Gasteiger charge is -2.19. The zero-order chi connectivity index (χ0) is 23.1. The zero-order valence-corrected chi connectivity index (χ0v) is 20.3. The molecule has 166 valence electrons. The number of hydrogen-bond donors (Lipinski definition) is 0. The van der Waals surface area contributed by atoms with Gasteiger partial charge in [0.1, 0.15) is 15.8 Å². The topological polar surface area (TPSA) is 35.9 Å². The number of rotatable bonds is 3. The first-order valence-electron chi connectivity index (χ1n) is 10.4. The molecule has 8 heteroatoms. The molecule has 0 radical (unpaired) electrons. The van der Waals surface area contributed by atoms with E-state index >= 15 is 0 Å². The number of carbonyl (C=O) groups excluding carboxylic acids is 1. The minimum atomic E-state index is -0.357. The molecule has 0 atom stereocenters. The molecule has 0 spiro atoms. The van der Waals surface area contributed by atoms with Gasteiger partial charge < -0.3 is 4.90 Å². The summed E-state index contributed by atoms with van der Waals surface area (Å²) in [5.41, 5.74) is 3.39. The minimum Gasteiger partial charge on any atom is -0.334 e. The molecule has 2 heterocycles. The number of thioether (sulfide) groups is 2. The fourth-order valence-corrected chi connectivity index (χ4v) is 6.28. The van der Waals surface area contributed by atoms with Crippen LogP contribution >= 0.6 is 35.1 Å². The van der Waals surface area contributed by atoms with Gasteiger partial charge in [0.25, 0.3) is 5.91 Å². The highest BCUT2D eigenvalue weighted by Crippen LogP contribution is 2.51. The number of aliphatic imine (C=N–C) groups is 1. The van der Waals surface area contributed by atoms with Crippen molar-refractivity contribution in [3.05, 3.63) is 93.1 Å². The summed E-state index contributed by atoms with van der Waals surface area (Å²) in [6.07, 6.45) is 0. The average molecular weight is 496 g/mol. The van der Waals surface area contributed by atoms with Crippen LogP contribution in [-0.2, 0) is 4.79 Å². The van der Waals surface area contributed by atoms with Crippen molar-refractivity contribution >= 4 is 63.3 Å². The van der Waals surface area contributed by atoms with Crippen LogP contribution in [0.3, 0.4) is 0 Å². The third-order valence-electron chi connectivity index (χ3n) is 5.27. The lowest BCUT2D eigenvalue weighted by molar-refractivity contribution is -0.113. The van der Waals surface area contributed by atoms with Crippen LogP contribution in [0, 0.1) is 12.7 Å². The maximum atomic E-state index is 13.7. The van der Waals surface area contributed by atoms with E-state index in [1.807, 2.05) is 56.3 Å². The van der Waals surface area contributed by atoms with Gasteiger partial charge in [0.2, 0.25) is 0 Å². The van der Waals surface area contributed by atoms with Crippen molar-refractivity contribution in [1.29, 1.82) is 0 Å². The maximum absolute atomic E-state index is 13.7. The monoisotopic (exact) mass is 495 g/mol. The number of halogens is 2. The molecule has 4 nitrogen and oxygen atoms in total. The fraction of sp³-hybridized carbons (Fsp3) is 0.120. The Kier molecular flexibility index (Phi) is 5.95. The van der Waals surface area contributed by atoms with Crippen LogP contribution in [0.15, 0.2) is 86.6 Å². The van der Waals surface area contributed by atoms with Crippen molar-refractivity contribution in [3.8, 4) is 0 Å². The van der Waals surface area contributed by atoms with E-state index in [0.717, 1.165) is 26.9 Å². The highest BCUT2D eigenvalue weighted by atomic mass is 35.5. The predicted molar refractivity (Wildman–Crippen MR) is 137 cm³/mol. The van der Waals surface area contributed by atoms with Crippen LogP contribution in [0.2, 0.25) is 5.02 Å². The van der Waals surface area contributed by atoms with E-state index in [-0.39, 0.29) is 11.7 Å². The Morgan fingerprint density at radius 2 is 1.82 bits per heavy atom. The third-order valence-corrected chi connectivity index (χ3v) is 7.84. The summed E-state index contributed by atoms with van der Waals surface area (Å²) in [5, 5.41) is 2.04. The summed E-state index contributed by atoms with van der Waals surface area (Å²) in [7, 11) is 0. The quantitative estimate of drug-likeness (QED) is 0.356. The van der Waals surface area contributed by atoms with Gasteiger partial charge in [0, 0.05) is 16.5 Å². The molecule has 33 heavy (non-hydrogen) atoms. The second kappa shape index (κ2) is 8.89. The van der Waals surface area contributed by atoms with E-state index in [0.29, 0.717) is 27.3 Å². The average Bonchev–Trinajstić information content (AvgIpc) is 3.31. The molecule has 5 rings (SSSR count). The van der Waals surface area contributed by atoms with Crippen molar-refractivity contribution in [2.24, 2.45) is 4.99 Å². The molecule has 0 N–H and O–H groups in total. The Labute approximate surface area is 205 Å². The lowest BCUT2D eigenvalue weighted by Crippen LogP contribution is -2.29. The van der Waals surface area contributed by atoms with Crippen LogP contribution in [0.5, 0.6) is 0 Å². The van der Waals surface area contributed by atoms with E-state index in [1.165, 1.54) is 23.9 Å². The summed E-state index contributed by atoms with van der Waals surface area (Å²) in [4.78, 5) is 23.8. The molecule has 1 amide bonds. The summed E-state index contributed by atoms with van der Waals surface area (Å²) >= 11 is 9.13. The first-order chi connectivity index (χ1) is 15.9. The molecule has 2 aliphatic rings. The molecular formula is C25H19ClFN3OS2. The summed E-state index contributed by atoms with van der Waals surface area (Å²) in [6, 6.07) is 19.4. The molecule has 1 fully saturated rings. The van der Waals surface area contributed by atoms with Crippen molar-refractivity contribution < 1.29 is 9.18 Å². The second-order valence-electron chi connectivity index (χ2n) is 7.55. The first kappa shape index (κ1) is 22.1. The number of fused-ring (bicyclic) bond motifs is 1. The molecule has 0 unspecified atom stereocenters. The van der Waals surface area contributed by atoms with Gasteiger partial charge in [-0.25, -0.2) is 9.38 Å². The van der Waals surface area contributed by atoms with Crippen molar-refractivity contribution in [3.63, 3.8) is 0 Å². The number of aryl methyl sites for hydroxylation is 1.